The maximum absolute atomic E-state index is 10.4. The standard InChI is InChI=1S/C31H35Cl2N2O4.C7H8O3S/c1-36-28-10-7-23(18-29(28)37-2)17-27-26-20-31(39-4)30(38-3)19-24(26)11-14-35(27)21-22-5-8-25(9-6-22)34(15-12-32)16-13-33;1-6-2-4-7(5-3-6)11(8,9)10/h5-11,14,18-20H,12-13,15-17,21H2,1-4H3;2-5H,1H3,(H,8,9,10)/q+1;/p-1. The van der Waals surface area contributed by atoms with Gasteiger partial charge in [-0.1, -0.05) is 35.9 Å². The van der Waals surface area contributed by atoms with E-state index in [0.29, 0.717) is 47.7 Å². The summed E-state index contributed by atoms with van der Waals surface area (Å²) in [6.07, 6.45) is 2.82. The Morgan fingerprint density at radius 2 is 1.26 bits per heavy atom. The molecule has 0 bridgehead atoms. The molecule has 5 rings (SSSR count). The number of hydrogen-bond acceptors (Lipinski definition) is 8. The predicted octanol–water partition coefficient (Wildman–Crippen LogP) is 6.98. The quantitative estimate of drug-likeness (QED) is 0.0683. The number of aromatic nitrogens is 1. The molecule has 4 aromatic carbocycles. The van der Waals surface area contributed by atoms with Crippen LogP contribution in [0.15, 0.2) is 96.0 Å². The zero-order valence-corrected chi connectivity index (χ0v) is 31.1. The summed E-state index contributed by atoms with van der Waals surface area (Å²) < 4.78 is 55.7. The van der Waals surface area contributed by atoms with Crippen LogP contribution < -0.4 is 28.4 Å². The molecule has 0 spiro atoms. The van der Waals surface area contributed by atoms with E-state index in [2.05, 4.69) is 58.1 Å². The van der Waals surface area contributed by atoms with Gasteiger partial charge in [0.1, 0.15) is 10.1 Å². The zero-order chi connectivity index (χ0) is 36.3. The second-order valence-electron chi connectivity index (χ2n) is 11.3. The lowest BCUT2D eigenvalue weighted by Gasteiger charge is -2.22. The third kappa shape index (κ3) is 9.94. The van der Waals surface area contributed by atoms with Gasteiger partial charge < -0.3 is 28.4 Å². The number of fused-ring (bicyclic) bond motifs is 1. The Labute approximate surface area is 304 Å². The maximum atomic E-state index is 10.4. The summed E-state index contributed by atoms with van der Waals surface area (Å²) in [4.78, 5) is 2.03. The van der Waals surface area contributed by atoms with E-state index >= 15 is 0 Å². The first kappa shape index (κ1) is 38.6. The molecular formula is C38H42Cl2N2O7S. The average Bonchev–Trinajstić information content (AvgIpc) is 3.12. The molecule has 0 atom stereocenters. The number of ether oxygens (including phenoxy) is 4. The van der Waals surface area contributed by atoms with Crippen molar-refractivity contribution in [2.24, 2.45) is 0 Å². The number of halogens is 2. The molecule has 0 N–H and O–H groups in total. The van der Waals surface area contributed by atoms with Crippen LogP contribution in [0.4, 0.5) is 5.69 Å². The summed E-state index contributed by atoms with van der Waals surface area (Å²) in [5.74, 6) is 3.91. The molecule has 5 aromatic rings. The van der Waals surface area contributed by atoms with E-state index in [0.717, 1.165) is 46.4 Å². The van der Waals surface area contributed by atoms with E-state index in [1.807, 2.05) is 25.1 Å². The number of aryl methyl sites for hydroxylation is 1. The van der Waals surface area contributed by atoms with Gasteiger partial charge in [-0.2, -0.15) is 4.57 Å². The van der Waals surface area contributed by atoms with Gasteiger partial charge in [0, 0.05) is 42.2 Å². The van der Waals surface area contributed by atoms with Gasteiger partial charge >= 0.3 is 0 Å². The van der Waals surface area contributed by atoms with Gasteiger partial charge in [-0.3, -0.25) is 0 Å². The molecule has 0 saturated carbocycles. The second-order valence-corrected chi connectivity index (χ2v) is 13.5. The normalized spacial score (nSPS) is 11.0. The van der Waals surface area contributed by atoms with Crippen LogP contribution in [-0.2, 0) is 23.1 Å². The minimum absolute atomic E-state index is 0.178. The zero-order valence-electron chi connectivity index (χ0n) is 28.8. The molecule has 0 radical (unpaired) electrons. The molecule has 0 fully saturated rings. The fraction of sp³-hybridized carbons (Fsp3) is 0.289. The highest BCUT2D eigenvalue weighted by Gasteiger charge is 2.20. The van der Waals surface area contributed by atoms with Crippen molar-refractivity contribution in [3.63, 3.8) is 0 Å². The van der Waals surface area contributed by atoms with Gasteiger partial charge in [0.05, 0.1) is 45.1 Å². The van der Waals surface area contributed by atoms with E-state index in [-0.39, 0.29) is 4.90 Å². The smallest absolute Gasteiger partial charge is 0.194 e. The van der Waals surface area contributed by atoms with Crippen LogP contribution in [-0.4, -0.2) is 66.3 Å². The number of rotatable bonds is 14. The molecule has 9 nitrogen and oxygen atoms in total. The lowest BCUT2D eigenvalue weighted by Crippen LogP contribution is -2.39. The van der Waals surface area contributed by atoms with Gasteiger partial charge in [-0.25, -0.2) is 8.42 Å². The van der Waals surface area contributed by atoms with Crippen LogP contribution >= 0.6 is 23.2 Å². The molecule has 0 amide bonds. The van der Waals surface area contributed by atoms with Crippen molar-refractivity contribution in [1.82, 2.24) is 0 Å². The van der Waals surface area contributed by atoms with Crippen molar-refractivity contribution in [2.45, 2.75) is 24.8 Å². The predicted molar refractivity (Wildman–Crippen MR) is 198 cm³/mol. The lowest BCUT2D eigenvalue weighted by atomic mass is 10.0. The van der Waals surface area contributed by atoms with Gasteiger partial charge in [-0.05, 0) is 66.4 Å². The van der Waals surface area contributed by atoms with Crippen LogP contribution in [0.3, 0.4) is 0 Å². The Balaban J connectivity index is 0.000000435. The van der Waals surface area contributed by atoms with E-state index in [1.54, 1.807) is 40.6 Å². The van der Waals surface area contributed by atoms with Crippen LogP contribution in [0.5, 0.6) is 23.0 Å². The van der Waals surface area contributed by atoms with Gasteiger partial charge in [0.25, 0.3) is 0 Å². The third-order valence-corrected chi connectivity index (χ3v) is 9.33. The summed E-state index contributed by atoms with van der Waals surface area (Å²) in [5.41, 5.74) is 5.49. The Kier molecular flexibility index (Phi) is 14.0. The van der Waals surface area contributed by atoms with Crippen LogP contribution in [0.25, 0.3) is 10.8 Å². The van der Waals surface area contributed by atoms with Crippen molar-refractivity contribution in [1.29, 1.82) is 0 Å². The van der Waals surface area contributed by atoms with Gasteiger partial charge in [0.2, 0.25) is 0 Å². The summed E-state index contributed by atoms with van der Waals surface area (Å²) >= 11 is 12.0. The Hall–Kier alpha value is -4.22. The SMILES string of the molecule is COc1ccc(Cc2c3cc(OC)c(OC)cc3cc[n+]2Cc2ccc(N(CCCl)CCCl)cc2)cc1OC.Cc1ccc(S(=O)(=O)[O-])cc1. The van der Waals surface area contributed by atoms with Crippen molar-refractivity contribution < 1.29 is 36.5 Å². The third-order valence-electron chi connectivity index (χ3n) is 8.14. The fourth-order valence-corrected chi connectivity index (χ4v) is 6.39. The first-order valence-electron chi connectivity index (χ1n) is 15.8. The minimum atomic E-state index is -4.27. The molecule has 50 heavy (non-hydrogen) atoms. The molecular weight excluding hydrogens is 699 g/mol. The molecule has 1 aromatic heterocycles. The second kappa shape index (κ2) is 18.1. The van der Waals surface area contributed by atoms with Crippen LogP contribution in [0.1, 0.15) is 22.4 Å². The van der Waals surface area contributed by atoms with Crippen LogP contribution in [0, 0.1) is 6.92 Å². The Morgan fingerprint density at radius 3 is 1.82 bits per heavy atom. The molecule has 0 unspecified atom stereocenters. The summed E-state index contributed by atoms with van der Waals surface area (Å²) in [5, 5.41) is 2.17. The highest BCUT2D eigenvalue weighted by atomic mass is 35.5. The number of pyridine rings is 1. The lowest BCUT2D eigenvalue weighted by molar-refractivity contribution is -0.693. The van der Waals surface area contributed by atoms with Gasteiger partial charge in [-0.15, -0.1) is 23.2 Å². The number of benzene rings is 4. The Morgan fingerprint density at radius 1 is 0.700 bits per heavy atom. The molecule has 0 aliphatic carbocycles. The summed E-state index contributed by atoms with van der Waals surface area (Å²) in [6, 6.07) is 26.6. The maximum Gasteiger partial charge on any atom is 0.194 e. The number of nitrogens with zero attached hydrogens (tertiary/aromatic N) is 2. The van der Waals surface area contributed by atoms with Gasteiger partial charge in [0.15, 0.2) is 41.4 Å². The molecule has 0 saturated heterocycles. The highest BCUT2D eigenvalue weighted by Crippen LogP contribution is 2.34. The number of alkyl halides is 2. The van der Waals surface area contributed by atoms with Crippen molar-refractivity contribution in [3.05, 3.63) is 114 Å². The van der Waals surface area contributed by atoms with Crippen LogP contribution in [0.2, 0.25) is 0 Å². The van der Waals surface area contributed by atoms with Crippen molar-refractivity contribution in [2.75, 3.05) is 58.2 Å². The fourth-order valence-electron chi connectivity index (χ4n) is 5.51. The largest absolute Gasteiger partial charge is 0.744 e. The first-order chi connectivity index (χ1) is 24.0. The topological polar surface area (TPSA) is 101 Å². The molecule has 12 heteroatoms. The number of anilines is 1. The van der Waals surface area contributed by atoms with E-state index in [1.165, 1.54) is 17.7 Å². The number of methoxy groups -OCH3 is 4. The molecule has 266 valence electrons. The summed E-state index contributed by atoms with van der Waals surface area (Å²) in [7, 11) is 2.35. The molecule has 1 heterocycles. The monoisotopic (exact) mass is 740 g/mol. The van der Waals surface area contributed by atoms with E-state index in [9.17, 15) is 13.0 Å². The van der Waals surface area contributed by atoms with E-state index < -0.39 is 10.1 Å². The molecule has 0 aliphatic rings. The van der Waals surface area contributed by atoms with Crippen molar-refractivity contribution >= 4 is 49.8 Å². The van der Waals surface area contributed by atoms with E-state index in [4.69, 9.17) is 42.1 Å². The molecule has 0 aliphatic heterocycles. The highest BCUT2D eigenvalue weighted by molar-refractivity contribution is 7.85. The Bertz CT molecular complexity index is 1970. The average molecular weight is 742 g/mol. The number of hydrogen-bond donors (Lipinski definition) is 0. The van der Waals surface area contributed by atoms with Crippen molar-refractivity contribution in [3.8, 4) is 23.0 Å². The summed E-state index contributed by atoms with van der Waals surface area (Å²) in [6.45, 7) is 4.04. The minimum Gasteiger partial charge on any atom is -0.744 e. The first-order valence-corrected chi connectivity index (χ1v) is 18.3.